The van der Waals surface area contributed by atoms with Gasteiger partial charge in [-0.25, -0.2) is 9.97 Å². The number of hydrogen-bond donors (Lipinski definition) is 3. The second-order valence-corrected chi connectivity index (χ2v) is 6.81. The minimum absolute atomic E-state index is 0.269. The van der Waals surface area contributed by atoms with E-state index in [1.54, 1.807) is 11.3 Å². The van der Waals surface area contributed by atoms with E-state index in [2.05, 4.69) is 38.1 Å². The van der Waals surface area contributed by atoms with E-state index in [1.807, 2.05) is 18.2 Å². The Morgan fingerprint density at radius 3 is 2.77 bits per heavy atom. The van der Waals surface area contributed by atoms with Gasteiger partial charge in [-0.3, -0.25) is 0 Å². The zero-order valence-electron chi connectivity index (χ0n) is 14.1. The van der Waals surface area contributed by atoms with Crippen molar-refractivity contribution in [1.29, 1.82) is 0 Å². The Kier molecular flexibility index (Phi) is 4.74. The van der Waals surface area contributed by atoms with Gasteiger partial charge in [0.15, 0.2) is 23.1 Å². The molecule has 8 heteroatoms. The summed E-state index contributed by atoms with van der Waals surface area (Å²) in [7, 11) is 0. The Labute approximate surface area is 155 Å². The molecule has 0 unspecified atom stereocenters. The van der Waals surface area contributed by atoms with E-state index in [4.69, 9.17) is 15.2 Å². The first kappa shape index (κ1) is 16.5. The summed E-state index contributed by atoms with van der Waals surface area (Å²) in [4.78, 5) is 9.81. The third-order valence-corrected chi connectivity index (χ3v) is 4.96. The molecule has 0 radical (unpaired) electrons. The molecule has 0 atom stereocenters. The molecule has 2 aromatic heterocycles. The number of anilines is 3. The SMILES string of the molecule is Nc1c(NCCc2cccs2)ncnc1NCc1ccc2c(c1)OCO2. The fraction of sp³-hybridized carbons (Fsp3) is 0.222. The number of ether oxygens (including phenoxy) is 2. The first-order valence-corrected chi connectivity index (χ1v) is 9.16. The van der Waals surface area contributed by atoms with Crippen LogP contribution in [-0.2, 0) is 13.0 Å². The first-order valence-electron chi connectivity index (χ1n) is 8.29. The number of nitrogens with two attached hydrogens (primary N) is 1. The van der Waals surface area contributed by atoms with Crippen LogP contribution in [0.15, 0.2) is 42.0 Å². The van der Waals surface area contributed by atoms with Gasteiger partial charge in [-0.15, -0.1) is 11.3 Å². The summed E-state index contributed by atoms with van der Waals surface area (Å²) in [5.41, 5.74) is 7.77. The molecule has 134 valence electrons. The minimum Gasteiger partial charge on any atom is -0.454 e. The highest BCUT2D eigenvalue weighted by molar-refractivity contribution is 7.09. The fourth-order valence-corrected chi connectivity index (χ4v) is 3.38. The lowest BCUT2D eigenvalue weighted by atomic mass is 10.2. The van der Waals surface area contributed by atoms with E-state index in [0.29, 0.717) is 23.9 Å². The number of hydrogen-bond acceptors (Lipinski definition) is 8. The Morgan fingerprint density at radius 2 is 1.92 bits per heavy atom. The number of nitrogens with one attached hydrogen (secondary N) is 2. The van der Waals surface area contributed by atoms with Crippen LogP contribution in [-0.4, -0.2) is 23.3 Å². The van der Waals surface area contributed by atoms with Gasteiger partial charge in [-0.1, -0.05) is 12.1 Å². The van der Waals surface area contributed by atoms with E-state index < -0.39 is 0 Å². The normalized spacial score (nSPS) is 12.2. The lowest BCUT2D eigenvalue weighted by Crippen LogP contribution is -2.11. The van der Waals surface area contributed by atoms with E-state index in [0.717, 1.165) is 30.0 Å². The molecule has 1 aliphatic rings. The van der Waals surface area contributed by atoms with Crippen LogP contribution in [0.2, 0.25) is 0 Å². The molecule has 4 rings (SSSR count). The van der Waals surface area contributed by atoms with Crippen molar-refractivity contribution < 1.29 is 9.47 Å². The highest BCUT2D eigenvalue weighted by Gasteiger charge is 2.13. The number of thiophene rings is 1. The average Bonchev–Trinajstić information content (AvgIpc) is 3.33. The van der Waals surface area contributed by atoms with Gasteiger partial charge in [-0.2, -0.15) is 0 Å². The van der Waals surface area contributed by atoms with Crippen LogP contribution in [0.4, 0.5) is 17.3 Å². The van der Waals surface area contributed by atoms with Gasteiger partial charge in [0, 0.05) is 18.0 Å². The molecule has 0 saturated carbocycles. The summed E-state index contributed by atoms with van der Waals surface area (Å²) in [5.74, 6) is 2.78. The van der Waals surface area contributed by atoms with Gasteiger partial charge in [0.2, 0.25) is 6.79 Å². The summed E-state index contributed by atoms with van der Waals surface area (Å²) < 4.78 is 10.7. The zero-order chi connectivity index (χ0) is 17.8. The summed E-state index contributed by atoms with van der Waals surface area (Å²) >= 11 is 1.74. The third-order valence-electron chi connectivity index (χ3n) is 4.02. The Bertz CT molecular complexity index is 885. The molecule has 26 heavy (non-hydrogen) atoms. The maximum absolute atomic E-state index is 6.21. The number of rotatable bonds is 7. The van der Waals surface area contributed by atoms with Gasteiger partial charge >= 0.3 is 0 Å². The van der Waals surface area contributed by atoms with Crippen LogP contribution in [0.5, 0.6) is 11.5 Å². The number of nitrogens with zero attached hydrogens (tertiary/aromatic N) is 2. The molecule has 3 heterocycles. The predicted molar refractivity (Wildman–Crippen MR) is 103 cm³/mol. The summed E-state index contributed by atoms with van der Waals surface area (Å²) in [6, 6.07) is 10.0. The highest BCUT2D eigenvalue weighted by atomic mass is 32.1. The number of aromatic nitrogens is 2. The van der Waals surface area contributed by atoms with Crippen LogP contribution >= 0.6 is 11.3 Å². The summed E-state index contributed by atoms with van der Waals surface area (Å²) in [5, 5.41) is 8.61. The molecule has 4 N–H and O–H groups in total. The fourth-order valence-electron chi connectivity index (χ4n) is 2.67. The van der Waals surface area contributed by atoms with Gasteiger partial charge in [0.25, 0.3) is 0 Å². The van der Waals surface area contributed by atoms with Crippen molar-refractivity contribution in [2.45, 2.75) is 13.0 Å². The smallest absolute Gasteiger partial charge is 0.231 e. The van der Waals surface area contributed by atoms with Crippen molar-refractivity contribution in [3.63, 3.8) is 0 Å². The van der Waals surface area contributed by atoms with Crippen LogP contribution in [0, 0.1) is 0 Å². The van der Waals surface area contributed by atoms with Gasteiger partial charge in [0.05, 0.1) is 0 Å². The molecule has 0 amide bonds. The van der Waals surface area contributed by atoms with E-state index in [1.165, 1.54) is 11.2 Å². The maximum atomic E-state index is 6.21. The number of nitrogen functional groups attached to an aromatic ring is 1. The molecule has 0 saturated heterocycles. The van der Waals surface area contributed by atoms with Crippen LogP contribution in [0.1, 0.15) is 10.4 Å². The van der Waals surface area contributed by atoms with E-state index in [9.17, 15) is 0 Å². The topological polar surface area (TPSA) is 94.3 Å². The third kappa shape index (κ3) is 3.65. The molecule has 1 aliphatic heterocycles. The Morgan fingerprint density at radius 1 is 1.08 bits per heavy atom. The molecule has 0 bridgehead atoms. The largest absolute Gasteiger partial charge is 0.454 e. The summed E-state index contributed by atoms with van der Waals surface area (Å²) in [6.07, 6.45) is 2.44. The van der Waals surface area contributed by atoms with Gasteiger partial charge in [0.1, 0.15) is 12.0 Å². The first-order chi connectivity index (χ1) is 12.8. The number of fused-ring (bicyclic) bond motifs is 1. The molecular weight excluding hydrogens is 350 g/mol. The minimum atomic E-state index is 0.269. The lowest BCUT2D eigenvalue weighted by Gasteiger charge is -2.12. The van der Waals surface area contributed by atoms with E-state index >= 15 is 0 Å². The highest BCUT2D eigenvalue weighted by Crippen LogP contribution is 2.33. The molecule has 0 fully saturated rings. The molecular formula is C18H19N5O2S. The van der Waals surface area contributed by atoms with E-state index in [-0.39, 0.29) is 6.79 Å². The molecule has 7 nitrogen and oxygen atoms in total. The van der Waals surface area contributed by atoms with Crippen LogP contribution < -0.4 is 25.8 Å². The van der Waals surface area contributed by atoms with Gasteiger partial charge < -0.3 is 25.8 Å². The van der Waals surface area contributed by atoms with Crippen molar-refractivity contribution in [3.8, 4) is 11.5 Å². The Balaban J connectivity index is 1.37. The van der Waals surface area contributed by atoms with Crippen molar-refractivity contribution in [2.24, 2.45) is 0 Å². The van der Waals surface area contributed by atoms with Crippen molar-refractivity contribution >= 4 is 28.7 Å². The monoisotopic (exact) mass is 369 g/mol. The molecule has 3 aromatic rings. The second kappa shape index (κ2) is 7.49. The predicted octanol–water partition coefficient (Wildman–Crippen LogP) is 3.12. The number of benzene rings is 1. The van der Waals surface area contributed by atoms with Crippen molar-refractivity contribution in [3.05, 3.63) is 52.5 Å². The standard InChI is InChI=1S/C18H19N5O2S/c19-16-17(20-6-5-13-2-1-7-26-13)22-10-23-18(16)21-9-12-3-4-14-15(8-12)25-11-24-14/h1-4,7-8,10H,5-6,9,11,19H2,(H2,20,21,22,23). The zero-order valence-corrected chi connectivity index (χ0v) is 14.9. The van der Waals surface area contributed by atoms with Crippen molar-refractivity contribution in [2.75, 3.05) is 29.7 Å². The van der Waals surface area contributed by atoms with Crippen LogP contribution in [0.25, 0.3) is 0 Å². The lowest BCUT2D eigenvalue weighted by molar-refractivity contribution is 0.174. The second-order valence-electron chi connectivity index (χ2n) is 5.78. The quantitative estimate of drug-likeness (QED) is 0.589. The summed E-state index contributed by atoms with van der Waals surface area (Å²) in [6.45, 7) is 1.61. The van der Waals surface area contributed by atoms with Gasteiger partial charge in [-0.05, 0) is 35.6 Å². The molecule has 1 aromatic carbocycles. The maximum Gasteiger partial charge on any atom is 0.231 e. The molecule has 0 aliphatic carbocycles. The Hall–Kier alpha value is -3.00. The molecule has 0 spiro atoms. The average molecular weight is 369 g/mol. The van der Waals surface area contributed by atoms with Crippen LogP contribution in [0.3, 0.4) is 0 Å². The van der Waals surface area contributed by atoms with Crippen molar-refractivity contribution in [1.82, 2.24) is 9.97 Å².